The first-order chi connectivity index (χ1) is 11.4. The smallest absolute Gasteiger partial charge is 0.315 e. The lowest BCUT2D eigenvalue weighted by molar-refractivity contribution is -0.164. The molecule has 0 bridgehead atoms. The minimum atomic E-state index is -0.933. The number of aromatic nitrogens is 3. The Labute approximate surface area is 138 Å². The number of hydrogen-bond acceptors (Lipinski definition) is 6. The van der Waals surface area contributed by atoms with E-state index in [0.29, 0.717) is 16.6 Å². The quantitative estimate of drug-likeness (QED) is 0.761. The Morgan fingerprint density at radius 1 is 1.33 bits per heavy atom. The number of methoxy groups -OCH3 is 1. The number of aryl methyl sites for hydroxylation is 1. The Kier molecular flexibility index (Phi) is 3.82. The van der Waals surface area contributed by atoms with Crippen molar-refractivity contribution in [1.29, 1.82) is 0 Å². The van der Waals surface area contributed by atoms with Gasteiger partial charge in [0.1, 0.15) is 11.2 Å². The predicted octanol–water partition coefficient (Wildman–Crippen LogP) is 0.563. The maximum atomic E-state index is 12.8. The number of carbonyl (C=O) groups is 3. The van der Waals surface area contributed by atoms with Crippen molar-refractivity contribution >= 4 is 28.7 Å². The van der Waals surface area contributed by atoms with Crippen molar-refractivity contribution in [2.24, 2.45) is 12.5 Å². The Balaban J connectivity index is 1.85. The van der Waals surface area contributed by atoms with E-state index >= 15 is 0 Å². The number of carbonyl (C=O) groups excluding carboxylic acids is 3. The molecule has 8 nitrogen and oxygen atoms in total. The van der Waals surface area contributed by atoms with Gasteiger partial charge in [-0.1, -0.05) is 0 Å². The molecule has 1 amide bonds. The van der Waals surface area contributed by atoms with Gasteiger partial charge in [0.25, 0.3) is 5.91 Å². The van der Waals surface area contributed by atoms with E-state index in [1.807, 2.05) is 0 Å². The molecule has 0 unspecified atom stereocenters. The number of amides is 1. The van der Waals surface area contributed by atoms with Crippen LogP contribution in [0.3, 0.4) is 0 Å². The van der Waals surface area contributed by atoms with Crippen LogP contribution in [0.1, 0.15) is 23.7 Å². The Hall–Kier alpha value is -2.77. The second-order valence-electron chi connectivity index (χ2n) is 6.18. The molecule has 1 fully saturated rings. The number of pyridine rings is 1. The highest BCUT2D eigenvalue weighted by Crippen LogP contribution is 2.37. The Morgan fingerprint density at radius 3 is 2.67 bits per heavy atom. The largest absolute Gasteiger partial charge is 0.468 e. The number of Topliss-reactive ketones (excluding diaryl/α,β-unsaturated/α-hetero) is 1. The summed E-state index contributed by atoms with van der Waals surface area (Å²) in [7, 11) is 3.04. The van der Waals surface area contributed by atoms with Crippen molar-refractivity contribution in [3.05, 3.63) is 24.0 Å². The summed E-state index contributed by atoms with van der Waals surface area (Å²) < 4.78 is 6.41. The lowest BCUT2D eigenvalue weighted by Crippen LogP contribution is -2.63. The van der Waals surface area contributed by atoms with E-state index in [1.54, 1.807) is 35.1 Å². The molecule has 1 aliphatic rings. The van der Waals surface area contributed by atoms with Crippen molar-refractivity contribution < 1.29 is 19.1 Å². The average Bonchev–Trinajstić information content (AvgIpc) is 2.90. The van der Waals surface area contributed by atoms with Crippen LogP contribution < -0.4 is 0 Å². The lowest BCUT2D eigenvalue weighted by Gasteiger charge is -2.47. The van der Waals surface area contributed by atoms with Crippen LogP contribution in [-0.2, 0) is 21.4 Å². The van der Waals surface area contributed by atoms with Gasteiger partial charge >= 0.3 is 5.97 Å². The molecule has 8 heteroatoms. The fraction of sp³-hybridized carbons (Fsp3) is 0.438. The van der Waals surface area contributed by atoms with Crippen LogP contribution in [0.5, 0.6) is 0 Å². The molecule has 0 aromatic carbocycles. The molecule has 0 spiro atoms. The molecule has 24 heavy (non-hydrogen) atoms. The molecule has 0 saturated carbocycles. The SMILES string of the molecule is COC(=O)C1(CC(C)=O)CN(C(=O)c2ccnc3c2cnn3C)C1. The van der Waals surface area contributed by atoms with Gasteiger partial charge in [0.15, 0.2) is 5.65 Å². The minimum Gasteiger partial charge on any atom is -0.468 e. The molecule has 3 heterocycles. The van der Waals surface area contributed by atoms with Gasteiger partial charge in [-0.2, -0.15) is 5.10 Å². The molecule has 2 aromatic heterocycles. The van der Waals surface area contributed by atoms with Crippen molar-refractivity contribution in [1.82, 2.24) is 19.7 Å². The summed E-state index contributed by atoms with van der Waals surface area (Å²) in [5.74, 6) is -0.771. The molecule has 0 atom stereocenters. The second kappa shape index (κ2) is 5.70. The van der Waals surface area contributed by atoms with E-state index in [4.69, 9.17) is 4.74 Å². The van der Waals surface area contributed by atoms with Gasteiger partial charge in [-0.25, -0.2) is 4.98 Å². The Morgan fingerprint density at radius 2 is 2.04 bits per heavy atom. The number of nitrogens with zero attached hydrogens (tertiary/aromatic N) is 4. The standard InChI is InChI=1S/C16H18N4O4/c1-10(21)6-16(15(23)24-3)8-20(9-16)14(22)11-4-5-17-13-12(11)7-18-19(13)2/h4-5,7H,6,8-9H2,1-3H3. The van der Waals surface area contributed by atoms with Gasteiger partial charge in [-0.15, -0.1) is 0 Å². The molecule has 2 aromatic rings. The van der Waals surface area contributed by atoms with Crippen LogP contribution in [0, 0.1) is 5.41 Å². The van der Waals surface area contributed by atoms with Gasteiger partial charge in [0.05, 0.1) is 24.3 Å². The fourth-order valence-corrected chi connectivity index (χ4v) is 3.24. The highest BCUT2D eigenvalue weighted by Gasteiger charge is 2.52. The zero-order valence-electron chi connectivity index (χ0n) is 13.8. The lowest BCUT2D eigenvalue weighted by atomic mass is 9.75. The molecule has 126 valence electrons. The average molecular weight is 330 g/mol. The van der Waals surface area contributed by atoms with Gasteiger partial charge in [-0.3, -0.25) is 19.1 Å². The normalized spacial score (nSPS) is 15.9. The van der Waals surface area contributed by atoms with Gasteiger partial charge in [-0.05, 0) is 13.0 Å². The van der Waals surface area contributed by atoms with Crippen LogP contribution in [0.2, 0.25) is 0 Å². The summed E-state index contributed by atoms with van der Waals surface area (Å²) in [4.78, 5) is 42.0. The number of rotatable bonds is 4. The highest BCUT2D eigenvalue weighted by atomic mass is 16.5. The Bertz CT molecular complexity index is 836. The number of ketones is 1. The molecule has 3 rings (SSSR count). The number of fused-ring (bicyclic) bond motifs is 1. The zero-order valence-corrected chi connectivity index (χ0v) is 13.8. The second-order valence-corrected chi connectivity index (χ2v) is 6.18. The fourth-order valence-electron chi connectivity index (χ4n) is 3.24. The van der Waals surface area contributed by atoms with E-state index in [9.17, 15) is 14.4 Å². The van der Waals surface area contributed by atoms with Crippen molar-refractivity contribution in [2.75, 3.05) is 20.2 Å². The third-order valence-corrected chi connectivity index (χ3v) is 4.35. The van der Waals surface area contributed by atoms with E-state index in [1.165, 1.54) is 14.0 Å². The van der Waals surface area contributed by atoms with Crippen LogP contribution in [0.15, 0.2) is 18.5 Å². The molecule has 1 aliphatic heterocycles. The number of ether oxygens (including phenoxy) is 1. The third-order valence-electron chi connectivity index (χ3n) is 4.35. The molecule has 0 N–H and O–H groups in total. The number of likely N-dealkylation sites (tertiary alicyclic amines) is 1. The number of hydrogen-bond donors (Lipinski definition) is 0. The van der Waals surface area contributed by atoms with Gasteiger partial charge in [0.2, 0.25) is 0 Å². The van der Waals surface area contributed by atoms with Gasteiger partial charge < -0.3 is 9.64 Å². The third kappa shape index (κ3) is 2.44. The summed E-state index contributed by atoms with van der Waals surface area (Å²) in [6.07, 6.45) is 3.22. The summed E-state index contributed by atoms with van der Waals surface area (Å²) in [5.41, 5.74) is 0.163. The van der Waals surface area contributed by atoms with Crippen LogP contribution in [0.4, 0.5) is 0 Å². The van der Waals surface area contributed by atoms with E-state index in [-0.39, 0.29) is 31.2 Å². The first-order valence-electron chi connectivity index (χ1n) is 7.52. The van der Waals surface area contributed by atoms with Crippen molar-refractivity contribution in [3.63, 3.8) is 0 Å². The van der Waals surface area contributed by atoms with Crippen LogP contribution >= 0.6 is 0 Å². The summed E-state index contributed by atoms with van der Waals surface area (Å²) in [6.45, 7) is 1.77. The first kappa shape index (κ1) is 16.1. The zero-order chi connectivity index (χ0) is 17.5. The van der Waals surface area contributed by atoms with Gasteiger partial charge in [0, 0.05) is 32.8 Å². The monoisotopic (exact) mass is 330 g/mol. The first-order valence-corrected chi connectivity index (χ1v) is 7.52. The molecular formula is C16H18N4O4. The van der Waals surface area contributed by atoms with E-state index < -0.39 is 11.4 Å². The molecule has 1 saturated heterocycles. The van der Waals surface area contributed by atoms with E-state index in [2.05, 4.69) is 10.1 Å². The minimum absolute atomic E-state index is 0.0715. The summed E-state index contributed by atoms with van der Waals surface area (Å²) in [6, 6.07) is 1.63. The predicted molar refractivity (Wildman–Crippen MR) is 84.2 cm³/mol. The molecule has 0 aliphatic carbocycles. The summed E-state index contributed by atoms with van der Waals surface area (Å²) >= 11 is 0. The summed E-state index contributed by atoms with van der Waals surface area (Å²) in [5, 5.41) is 4.78. The number of esters is 1. The molecule has 0 radical (unpaired) electrons. The highest BCUT2D eigenvalue weighted by molar-refractivity contribution is 6.06. The van der Waals surface area contributed by atoms with Crippen molar-refractivity contribution in [3.8, 4) is 0 Å². The maximum Gasteiger partial charge on any atom is 0.315 e. The molecular weight excluding hydrogens is 312 g/mol. The van der Waals surface area contributed by atoms with Crippen LogP contribution in [-0.4, -0.2) is 57.5 Å². The van der Waals surface area contributed by atoms with Crippen LogP contribution in [0.25, 0.3) is 11.0 Å². The van der Waals surface area contributed by atoms with Crippen molar-refractivity contribution in [2.45, 2.75) is 13.3 Å². The maximum absolute atomic E-state index is 12.8. The van der Waals surface area contributed by atoms with E-state index in [0.717, 1.165) is 0 Å². The topological polar surface area (TPSA) is 94.4 Å².